The Morgan fingerprint density at radius 2 is 1.38 bits per heavy atom. The number of benzene rings is 1. The molecule has 1 heteroatoms. The van der Waals surface area contributed by atoms with Crippen LogP contribution in [0.5, 0.6) is 0 Å². The average molecular weight is 218 g/mol. The van der Waals surface area contributed by atoms with Gasteiger partial charge in [-0.05, 0) is 18.1 Å². The predicted molar refractivity (Wildman–Crippen MR) is 71.6 cm³/mol. The second kappa shape index (κ2) is 8.78. The third-order valence-electron chi connectivity index (χ3n) is 1.94. The van der Waals surface area contributed by atoms with Gasteiger partial charge in [-0.2, -0.15) is 0 Å². The van der Waals surface area contributed by atoms with Crippen molar-refractivity contribution in [1.82, 2.24) is 0 Å². The number of hydrogen-bond acceptors (Lipinski definition) is 1. The van der Waals surface area contributed by atoms with Gasteiger partial charge in [-0.25, -0.2) is 0 Å². The molecule has 0 aliphatic rings. The molecule has 0 N–H and O–H groups in total. The minimum Gasteiger partial charge on any atom is -0.472 e. The summed E-state index contributed by atoms with van der Waals surface area (Å²) in [4.78, 5) is 0. The summed E-state index contributed by atoms with van der Waals surface area (Å²) < 4.78 is 5.10. The van der Waals surface area contributed by atoms with E-state index < -0.39 is 0 Å². The molecule has 1 aromatic heterocycles. The van der Waals surface area contributed by atoms with Gasteiger partial charge >= 0.3 is 0 Å². The summed E-state index contributed by atoms with van der Waals surface area (Å²) in [7, 11) is 0. The lowest BCUT2D eigenvalue weighted by molar-refractivity contribution is 0.566. The highest BCUT2D eigenvalue weighted by Gasteiger charge is 2.01. The van der Waals surface area contributed by atoms with Gasteiger partial charge in [0.25, 0.3) is 0 Å². The van der Waals surface area contributed by atoms with Crippen LogP contribution in [0.25, 0.3) is 11.1 Å². The van der Waals surface area contributed by atoms with Crippen LogP contribution in [0.15, 0.2) is 47.3 Å². The van der Waals surface area contributed by atoms with Crippen molar-refractivity contribution in [3.63, 3.8) is 0 Å². The van der Waals surface area contributed by atoms with Crippen molar-refractivity contribution in [2.75, 3.05) is 0 Å². The molecule has 2 rings (SSSR count). The van der Waals surface area contributed by atoms with Crippen molar-refractivity contribution in [2.45, 2.75) is 34.6 Å². The van der Waals surface area contributed by atoms with E-state index in [1.165, 1.54) is 16.7 Å². The van der Waals surface area contributed by atoms with E-state index in [-0.39, 0.29) is 0 Å². The molecule has 0 saturated carbocycles. The Kier molecular flexibility index (Phi) is 7.96. The fourth-order valence-corrected chi connectivity index (χ4v) is 1.27. The van der Waals surface area contributed by atoms with Crippen molar-refractivity contribution in [2.24, 2.45) is 0 Å². The lowest BCUT2D eigenvalue weighted by atomic mass is 10.1. The number of rotatable bonds is 1. The molecule has 16 heavy (non-hydrogen) atoms. The first-order valence-electron chi connectivity index (χ1n) is 5.96. The molecule has 1 heterocycles. The van der Waals surface area contributed by atoms with Gasteiger partial charge in [0.2, 0.25) is 0 Å². The van der Waals surface area contributed by atoms with Crippen LogP contribution in [0.4, 0.5) is 0 Å². The van der Waals surface area contributed by atoms with Crippen molar-refractivity contribution in [1.29, 1.82) is 0 Å². The molecular weight excluding hydrogens is 196 g/mol. The van der Waals surface area contributed by atoms with E-state index in [2.05, 4.69) is 12.1 Å². The van der Waals surface area contributed by atoms with Gasteiger partial charge in [0.1, 0.15) is 0 Å². The topological polar surface area (TPSA) is 13.1 Å². The first-order chi connectivity index (χ1) is 7.88. The lowest BCUT2D eigenvalue weighted by Gasteiger charge is -1.96. The molecule has 0 bridgehead atoms. The SMILES string of the molecule is CC.CC.Cc1cocc1-c1ccccc1. The van der Waals surface area contributed by atoms with Crippen molar-refractivity contribution in [3.05, 3.63) is 48.4 Å². The zero-order valence-corrected chi connectivity index (χ0v) is 10.9. The molecule has 1 nitrogen and oxygen atoms in total. The second-order valence-electron chi connectivity index (χ2n) is 2.83. The van der Waals surface area contributed by atoms with Crippen LogP contribution in [0.1, 0.15) is 33.3 Å². The summed E-state index contributed by atoms with van der Waals surface area (Å²) in [6.07, 6.45) is 3.55. The fourth-order valence-electron chi connectivity index (χ4n) is 1.27. The molecule has 0 atom stereocenters. The fraction of sp³-hybridized carbons (Fsp3) is 0.333. The quantitative estimate of drug-likeness (QED) is 0.632. The Hall–Kier alpha value is -1.50. The maximum absolute atomic E-state index is 5.10. The van der Waals surface area contributed by atoms with Crippen molar-refractivity contribution >= 4 is 0 Å². The molecule has 1 aromatic carbocycles. The molecular formula is C15H22O. The van der Waals surface area contributed by atoms with E-state index >= 15 is 0 Å². The molecule has 0 aliphatic carbocycles. The Balaban J connectivity index is 0.000000509. The molecule has 0 radical (unpaired) electrons. The molecule has 0 unspecified atom stereocenters. The zero-order chi connectivity index (χ0) is 12.4. The molecule has 88 valence electrons. The maximum Gasteiger partial charge on any atom is 0.0983 e. The maximum atomic E-state index is 5.10. The van der Waals surface area contributed by atoms with Crippen LogP contribution in [-0.4, -0.2) is 0 Å². The van der Waals surface area contributed by atoms with Gasteiger partial charge in [-0.15, -0.1) is 0 Å². The summed E-state index contributed by atoms with van der Waals surface area (Å²) in [5, 5.41) is 0. The van der Waals surface area contributed by atoms with E-state index in [4.69, 9.17) is 4.42 Å². The molecule has 0 saturated heterocycles. The Labute approximate surface area is 99.1 Å². The normalized spacial score (nSPS) is 8.31. The van der Waals surface area contributed by atoms with E-state index in [0.29, 0.717) is 0 Å². The highest BCUT2D eigenvalue weighted by Crippen LogP contribution is 2.23. The Morgan fingerprint density at radius 1 is 0.812 bits per heavy atom. The van der Waals surface area contributed by atoms with Crippen LogP contribution in [0, 0.1) is 6.92 Å². The van der Waals surface area contributed by atoms with E-state index in [1.807, 2.05) is 52.8 Å². The largest absolute Gasteiger partial charge is 0.472 e. The molecule has 0 fully saturated rings. The number of hydrogen-bond donors (Lipinski definition) is 0. The number of furan rings is 1. The lowest BCUT2D eigenvalue weighted by Crippen LogP contribution is -1.74. The van der Waals surface area contributed by atoms with Gasteiger partial charge in [0, 0.05) is 5.56 Å². The van der Waals surface area contributed by atoms with Crippen LogP contribution in [0.2, 0.25) is 0 Å². The third-order valence-corrected chi connectivity index (χ3v) is 1.94. The minimum atomic E-state index is 1.18. The van der Waals surface area contributed by atoms with Gasteiger partial charge < -0.3 is 4.42 Å². The van der Waals surface area contributed by atoms with Gasteiger partial charge in [-0.3, -0.25) is 0 Å². The smallest absolute Gasteiger partial charge is 0.0983 e. The van der Waals surface area contributed by atoms with Crippen molar-refractivity contribution in [3.8, 4) is 11.1 Å². The van der Waals surface area contributed by atoms with Crippen LogP contribution in [0.3, 0.4) is 0 Å². The van der Waals surface area contributed by atoms with Gasteiger partial charge in [0.15, 0.2) is 0 Å². The zero-order valence-electron chi connectivity index (χ0n) is 10.9. The Bertz CT molecular complexity index is 360. The first-order valence-corrected chi connectivity index (χ1v) is 5.96. The van der Waals surface area contributed by atoms with E-state index in [1.54, 1.807) is 12.5 Å². The minimum absolute atomic E-state index is 1.18. The number of aryl methyl sites for hydroxylation is 1. The summed E-state index contributed by atoms with van der Waals surface area (Å²) in [6.45, 7) is 10.0. The third kappa shape index (κ3) is 3.93. The molecule has 2 aromatic rings. The molecule has 0 amide bonds. The van der Waals surface area contributed by atoms with Crippen LogP contribution >= 0.6 is 0 Å². The Morgan fingerprint density at radius 3 is 1.81 bits per heavy atom. The average Bonchev–Trinajstić information content (AvgIpc) is 2.82. The molecule has 0 aliphatic heterocycles. The molecule has 0 spiro atoms. The summed E-state index contributed by atoms with van der Waals surface area (Å²) >= 11 is 0. The predicted octanol–water partition coefficient (Wildman–Crippen LogP) is 5.31. The van der Waals surface area contributed by atoms with Crippen LogP contribution in [-0.2, 0) is 0 Å². The summed E-state index contributed by atoms with van der Waals surface area (Å²) in [6, 6.07) is 10.2. The first kappa shape index (κ1) is 14.5. The van der Waals surface area contributed by atoms with E-state index in [0.717, 1.165) is 0 Å². The highest BCUT2D eigenvalue weighted by molar-refractivity contribution is 5.65. The van der Waals surface area contributed by atoms with Crippen LogP contribution < -0.4 is 0 Å². The highest BCUT2D eigenvalue weighted by atomic mass is 16.3. The monoisotopic (exact) mass is 218 g/mol. The summed E-state index contributed by atoms with van der Waals surface area (Å²) in [5.41, 5.74) is 3.57. The standard InChI is InChI=1S/C11H10O.2C2H6/c1-9-7-12-8-11(9)10-5-3-2-4-6-10;2*1-2/h2-8H,1H3;2*1-2H3. The second-order valence-corrected chi connectivity index (χ2v) is 2.83. The van der Waals surface area contributed by atoms with Gasteiger partial charge in [0.05, 0.1) is 12.5 Å². The summed E-state index contributed by atoms with van der Waals surface area (Å²) in [5.74, 6) is 0. The van der Waals surface area contributed by atoms with E-state index in [9.17, 15) is 0 Å². The van der Waals surface area contributed by atoms with Crippen molar-refractivity contribution < 1.29 is 4.42 Å². The van der Waals surface area contributed by atoms with Gasteiger partial charge in [-0.1, -0.05) is 58.0 Å².